The Hall–Kier alpha value is -4.13. The zero-order valence-corrected chi connectivity index (χ0v) is 24.9. The average molecular weight is 643 g/mol. The molecule has 1 N–H and O–H groups in total. The van der Waals surface area contributed by atoms with Crippen LogP contribution in [0.25, 0.3) is 0 Å². The Morgan fingerprint density at radius 1 is 1.13 bits per heavy atom. The van der Waals surface area contributed by atoms with E-state index in [9.17, 15) is 27.6 Å². The van der Waals surface area contributed by atoms with Crippen molar-refractivity contribution in [1.82, 2.24) is 25.0 Å². The Kier molecular flexibility index (Phi) is 7.46. The number of ether oxygens (including phenoxy) is 1. The summed E-state index contributed by atoms with van der Waals surface area (Å²) in [5.74, 6) is -0.926. The molecule has 0 radical (unpaired) electrons. The van der Waals surface area contributed by atoms with Gasteiger partial charge in [0.15, 0.2) is 5.69 Å². The maximum atomic E-state index is 14.4. The number of aryl methyl sites for hydroxylation is 1. The van der Waals surface area contributed by atoms with Crippen LogP contribution in [0.1, 0.15) is 70.6 Å². The molecule has 1 spiro atoms. The largest absolute Gasteiger partial charge is 0.478 e. The number of pyridine rings is 1. The van der Waals surface area contributed by atoms with Crippen LogP contribution in [0, 0.1) is 11.7 Å². The summed E-state index contributed by atoms with van der Waals surface area (Å²) in [6, 6.07) is 6.92. The molecule has 2 aromatic heterocycles. The van der Waals surface area contributed by atoms with Crippen molar-refractivity contribution in [2.75, 3.05) is 31.1 Å². The number of carbonyl (C=O) groups is 3. The van der Waals surface area contributed by atoms with E-state index in [4.69, 9.17) is 16.3 Å². The van der Waals surface area contributed by atoms with Crippen LogP contribution in [0.5, 0.6) is 5.88 Å². The number of anilines is 1. The lowest BCUT2D eigenvalue weighted by Gasteiger charge is -2.46. The van der Waals surface area contributed by atoms with Crippen LogP contribution in [0.2, 0.25) is 5.02 Å². The van der Waals surface area contributed by atoms with Crippen molar-refractivity contribution < 1.29 is 32.3 Å². The second kappa shape index (κ2) is 11.3. The third-order valence-electron chi connectivity index (χ3n) is 9.32. The number of nitrogens with one attached hydrogen (secondary N) is 1. The number of aromatic nitrogens is 3. The van der Waals surface area contributed by atoms with Gasteiger partial charge in [0, 0.05) is 50.9 Å². The lowest BCUT2D eigenvalue weighted by atomic mass is 9.74. The van der Waals surface area contributed by atoms with Crippen LogP contribution in [0.15, 0.2) is 36.5 Å². The number of hydrogen-bond donors (Lipinski definition) is 1. The fourth-order valence-corrected chi connectivity index (χ4v) is 7.16. The fraction of sp³-hybridized carbons (Fsp3) is 0.452. The number of likely N-dealkylation sites (tertiary alicyclic amines) is 1. The highest BCUT2D eigenvalue weighted by Gasteiger charge is 2.59. The minimum atomic E-state index is -2.92. The van der Waals surface area contributed by atoms with Crippen LogP contribution < -0.4 is 15.0 Å². The summed E-state index contributed by atoms with van der Waals surface area (Å²) < 4.78 is 48.5. The van der Waals surface area contributed by atoms with E-state index in [1.54, 1.807) is 26.6 Å². The zero-order valence-electron chi connectivity index (χ0n) is 24.1. The van der Waals surface area contributed by atoms with E-state index in [-0.39, 0.29) is 53.1 Å². The second-order valence-electron chi connectivity index (χ2n) is 12.2. The van der Waals surface area contributed by atoms with E-state index in [0.717, 1.165) is 12.6 Å². The minimum absolute atomic E-state index is 0.0764. The molecule has 3 aromatic rings. The maximum absolute atomic E-state index is 14.4. The van der Waals surface area contributed by atoms with Crippen molar-refractivity contribution in [3.05, 3.63) is 69.9 Å². The highest BCUT2D eigenvalue weighted by atomic mass is 35.5. The Balaban J connectivity index is 1.01. The summed E-state index contributed by atoms with van der Waals surface area (Å²) in [5, 5.41) is 7.30. The normalized spacial score (nSPS) is 21.8. The first kappa shape index (κ1) is 29.6. The van der Waals surface area contributed by atoms with Gasteiger partial charge in [0.25, 0.3) is 18.2 Å². The molecule has 7 rings (SSSR count). The first-order valence-corrected chi connectivity index (χ1v) is 15.4. The zero-order chi connectivity index (χ0) is 31.5. The second-order valence-corrected chi connectivity index (χ2v) is 12.6. The summed E-state index contributed by atoms with van der Waals surface area (Å²) in [7, 11) is 0. The van der Waals surface area contributed by atoms with Gasteiger partial charge >= 0.3 is 0 Å². The van der Waals surface area contributed by atoms with Crippen LogP contribution in [-0.4, -0.2) is 69.7 Å². The van der Waals surface area contributed by atoms with Crippen LogP contribution in [0.3, 0.4) is 0 Å². The minimum Gasteiger partial charge on any atom is -0.478 e. The molecule has 5 heterocycles. The molecule has 0 bridgehead atoms. The number of alkyl halides is 2. The molecule has 1 aliphatic carbocycles. The topological polar surface area (TPSA) is 110 Å². The van der Waals surface area contributed by atoms with Crippen molar-refractivity contribution in [2.24, 2.45) is 5.92 Å². The van der Waals surface area contributed by atoms with Gasteiger partial charge < -0.3 is 19.9 Å². The van der Waals surface area contributed by atoms with E-state index in [1.807, 2.05) is 0 Å². The third-order valence-corrected chi connectivity index (χ3v) is 9.52. The molecule has 45 heavy (non-hydrogen) atoms. The molecule has 0 atom stereocenters. The number of rotatable bonds is 6. The fourth-order valence-electron chi connectivity index (χ4n) is 7.00. The van der Waals surface area contributed by atoms with E-state index in [1.165, 1.54) is 18.2 Å². The van der Waals surface area contributed by atoms with Gasteiger partial charge in [0.05, 0.1) is 22.9 Å². The average Bonchev–Trinajstić information content (AvgIpc) is 3.54. The monoisotopic (exact) mass is 642 g/mol. The molecule has 4 aliphatic rings. The molecule has 1 saturated carbocycles. The van der Waals surface area contributed by atoms with Gasteiger partial charge in [-0.25, -0.2) is 17.9 Å². The standard InChI is InChI=1S/C31H30ClF3N6O4/c32-18-10-21(26(27(34)35)36-13-18)28(42)37-20-5-2-17(3-6-20)14-40-24-11-19(33)4-7-22(24)31(30(40)44)15-39(16-31)29(43)23-12-25-41(38-23)8-1-9-45-25/h4,7,10-13,17,20,27H,1-3,5-6,8-9,14-16H2,(H,37,42). The highest BCUT2D eigenvalue weighted by molar-refractivity contribution is 6.30. The molecule has 1 saturated heterocycles. The van der Waals surface area contributed by atoms with Gasteiger partial charge in [-0.3, -0.25) is 19.4 Å². The van der Waals surface area contributed by atoms with Crippen molar-refractivity contribution in [3.63, 3.8) is 0 Å². The summed E-state index contributed by atoms with van der Waals surface area (Å²) in [6.45, 7) is 1.95. The third kappa shape index (κ3) is 5.20. The summed E-state index contributed by atoms with van der Waals surface area (Å²) in [6.07, 6.45) is 1.47. The molecule has 1 aromatic carbocycles. The van der Waals surface area contributed by atoms with E-state index >= 15 is 0 Å². The molecule has 2 fully saturated rings. The number of nitrogens with zero attached hydrogens (tertiary/aromatic N) is 5. The predicted molar refractivity (Wildman–Crippen MR) is 156 cm³/mol. The predicted octanol–water partition coefficient (Wildman–Crippen LogP) is 4.52. The van der Waals surface area contributed by atoms with Crippen LogP contribution >= 0.6 is 11.6 Å². The number of halogens is 4. The van der Waals surface area contributed by atoms with Gasteiger partial charge in [0.2, 0.25) is 11.8 Å². The highest BCUT2D eigenvalue weighted by Crippen LogP contribution is 2.48. The number of fused-ring (bicyclic) bond motifs is 3. The van der Waals surface area contributed by atoms with Crippen molar-refractivity contribution in [1.29, 1.82) is 0 Å². The Bertz CT molecular complexity index is 1660. The molecule has 236 valence electrons. The number of carbonyl (C=O) groups excluding carboxylic acids is 3. The van der Waals surface area contributed by atoms with Gasteiger partial charge in [0.1, 0.15) is 16.9 Å². The summed E-state index contributed by atoms with van der Waals surface area (Å²) >= 11 is 5.90. The Labute approximate surface area is 261 Å². The van der Waals surface area contributed by atoms with Crippen molar-refractivity contribution in [3.8, 4) is 5.88 Å². The molecule has 10 nitrogen and oxygen atoms in total. The molecule has 14 heteroatoms. The Morgan fingerprint density at radius 2 is 1.91 bits per heavy atom. The van der Waals surface area contributed by atoms with Gasteiger partial charge in [-0.15, -0.1) is 0 Å². The molecular weight excluding hydrogens is 613 g/mol. The van der Waals surface area contributed by atoms with E-state index in [0.29, 0.717) is 62.5 Å². The molecular formula is C31H30ClF3N6O4. The smallest absolute Gasteiger partial charge is 0.281 e. The Morgan fingerprint density at radius 3 is 2.64 bits per heavy atom. The number of hydrogen-bond acceptors (Lipinski definition) is 6. The van der Waals surface area contributed by atoms with Gasteiger partial charge in [-0.1, -0.05) is 17.7 Å². The van der Waals surface area contributed by atoms with Gasteiger partial charge in [-0.05, 0) is 55.4 Å². The molecule has 3 amide bonds. The number of amides is 3. The lowest BCUT2D eigenvalue weighted by molar-refractivity contribution is -0.128. The number of benzene rings is 1. The van der Waals surface area contributed by atoms with Crippen molar-refractivity contribution in [2.45, 2.75) is 56.5 Å². The summed E-state index contributed by atoms with van der Waals surface area (Å²) in [5.41, 5.74) is -0.332. The van der Waals surface area contributed by atoms with E-state index < -0.39 is 29.3 Å². The summed E-state index contributed by atoms with van der Waals surface area (Å²) in [4.78, 5) is 46.9. The van der Waals surface area contributed by atoms with E-state index in [2.05, 4.69) is 15.4 Å². The SMILES string of the molecule is O=C(NC1CCC(CN2C(=O)C3(CN(C(=O)c4cc5n(n4)CCCO5)C3)c3ccc(F)cc32)CC1)c1cc(Cl)cnc1C(F)F. The first-order chi connectivity index (χ1) is 21.6. The van der Waals surface area contributed by atoms with Gasteiger partial charge in [-0.2, -0.15) is 5.10 Å². The molecule has 0 unspecified atom stereocenters. The van der Waals surface area contributed by atoms with Crippen molar-refractivity contribution >= 4 is 35.0 Å². The lowest BCUT2D eigenvalue weighted by Crippen LogP contribution is -2.65. The van der Waals surface area contributed by atoms with Crippen LogP contribution in [0.4, 0.5) is 18.9 Å². The quantitative estimate of drug-likeness (QED) is 0.424. The molecule has 3 aliphatic heterocycles. The maximum Gasteiger partial charge on any atom is 0.281 e. The van der Waals surface area contributed by atoms with Crippen LogP contribution in [-0.2, 0) is 16.8 Å². The first-order valence-electron chi connectivity index (χ1n) is 15.0.